The van der Waals surface area contributed by atoms with Crippen LogP contribution in [-0.4, -0.2) is 45.8 Å². The first-order valence-electron chi connectivity index (χ1n) is 11.7. The average molecular weight is 469 g/mol. The summed E-state index contributed by atoms with van der Waals surface area (Å²) in [6.45, 7) is 6.52. The number of nitro groups is 1. The lowest BCUT2D eigenvalue weighted by Gasteiger charge is -2.51. The van der Waals surface area contributed by atoms with Gasteiger partial charge in [0.25, 0.3) is 5.09 Å². The number of hydrogen-bond acceptors (Lipinski definition) is 9. The SMILES string of the molecule is CC(=O)O[C@H]1CC[C@]2(C)[C@H]3CC[C@]4(C)[C@@H](OC(C)=O)CC[C@H]4[C@@H]3[C@H]([N+](=O)[O-])[C@]2(O[N+](=O)[O-])C1. The number of esters is 2. The van der Waals surface area contributed by atoms with Crippen molar-refractivity contribution >= 4 is 11.9 Å². The molecule has 4 rings (SSSR count). The van der Waals surface area contributed by atoms with Crippen molar-refractivity contribution in [3.8, 4) is 0 Å². The Balaban J connectivity index is 1.80. The molecule has 4 fully saturated rings. The summed E-state index contributed by atoms with van der Waals surface area (Å²) in [5.74, 6) is -1.64. The fourth-order valence-corrected chi connectivity index (χ4v) is 8.31. The smallest absolute Gasteiger partial charge is 0.302 e. The lowest BCUT2D eigenvalue weighted by molar-refractivity contribution is -0.798. The van der Waals surface area contributed by atoms with Gasteiger partial charge in [-0.2, -0.15) is 0 Å². The average Bonchev–Trinajstić information content (AvgIpc) is 3.10. The summed E-state index contributed by atoms with van der Waals surface area (Å²) in [6, 6.07) is -1.32. The molecule has 0 aromatic heterocycles. The molecule has 4 aliphatic carbocycles. The molecule has 4 saturated carbocycles. The van der Waals surface area contributed by atoms with Crippen molar-refractivity contribution in [2.45, 2.75) is 96.5 Å². The maximum atomic E-state index is 12.6. The van der Waals surface area contributed by atoms with E-state index >= 15 is 0 Å². The van der Waals surface area contributed by atoms with Gasteiger partial charge in [0.2, 0.25) is 6.04 Å². The molecule has 0 aromatic rings. The van der Waals surface area contributed by atoms with Gasteiger partial charge in [-0.1, -0.05) is 13.8 Å². The van der Waals surface area contributed by atoms with Crippen LogP contribution in [0, 0.1) is 48.8 Å². The number of rotatable bonds is 5. The molecular formula is C22H32N2O9. The first-order chi connectivity index (χ1) is 15.4. The summed E-state index contributed by atoms with van der Waals surface area (Å²) in [7, 11) is 0. The van der Waals surface area contributed by atoms with Crippen LogP contribution in [0.5, 0.6) is 0 Å². The van der Waals surface area contributed by atoms with Crippen LogP contribution < -0.4 is 0 Å². The zero-order chi connectivity index (χ0) is 24.3. The van der Waals surface area contributed by atoms with Crippen LogP contribution in [0.25, 0.3) is 0 Å². The Kier molecular flexibility index (Phi) is 5.60. The molecule has 184 valence electrons. The van der Waals surface area contributed by atoms with Gasteiger partial charge in [0.1, 0.15) is 12.2 Å². The zero-order valence-electron chi connectivity index (χ0n) is 19.5. The van der Waals surface area contributed by atoms with Crippen molar-refractivity contribution in [2.75, 3.05) is 0 Å². The Bertz CT molecular complexity index is 880. The minimum absolute atomic E-state index is 0.0838. The highest BCUT2D eigenvalue weighted by molar-refractivity contribution is 5.66. The van der Waals surface area contributed by atoms with Gasteiger partial charge in [-0.3, -0.25) is 24.5 Å². The highest BCUT2D eigenvalue weighted by atomic mass is 17.0. The van der Waals surface area contributed by atoms with Crippen LogP contribution in [0.4, 0.5) is 0 Å². The number of ether oxygens (including phenoxy) is 2. The topological polar surface area (TPSA) is 148 Å². The summed E-state index contributed by atoms with van der Waals surface area (Å²) in [4.78, 5) is 52.6. The van der Waals surface area contributed by atoms with Gasteiger partial charge >= 0.3 is 11.9 Å². The van der Waals surface area contributed by atoms with E-state index in [0.717, 1.165) is 6.42 Å². The molecule has 11 nitrogen and oxygen atoms in total. The van der Waals surface area contributed by atoms with Crippen molar-refractivity contribution < 1.29 is 33.9 Å². The second-order valence-corrected chi connectivity index (χ2v) is 10.8. The molecule has 0 heterocycles. The van der Waals surface area contributed by atoms with Crippen molar-refractivity contribution in [3.63, 3.8) is 0 Å². The number of carbonyl (C=O) groups excluding carboxylic acids is 2. The Morgan fingerprint density at radius 3 is 2.15 bits per heavy atom. The van der Waals surface area contributed by atoms with Gasteiger partial charge < -0.3 is 9.47 Å². The van der Waals surface area contributed by atoms with Gasteiger partial charge in [-0.25, -0.2) is 0 Å². The molecule has 0 N–H and O–H groups in total. The molecule has 0 spiro atoms. The van der Waals surface area contributed by atoms with Crippen LogP contribution in [-0.2, 0) is 23.9 Å². The van der Waals surface area contributed by atoms with Crippen molar-refractivity contribution in [1.82, 2.24) is 0 Å². The van der Waals surface area contributed by atoms with Crippen LogP contribution in [0.1, 0.15) is 72.6 Å². The second-order valence-electron chi connectivity index (χ2n) is 10.8. The van der Waals surface area contributed by atoms with E-state index in [-0.39, 0.29) is 30.3 Å². The van der Waals surface area contributed by atoms with Crippen LogP contribution in [0.2, 0.25) is 0 Å². The Morgan fingerprint density at radius 2 is 1.58 bits per heavy atom. The van der Waals surface area contributed by atoms with Crippen molar-refractivity contribution in [2.24, 2.45) is 28.6 Å². The van der Waals surface area contributed by atoms with Crippen LogP contribution in [0.15, 0.2) is 0 Å². The van der Waals surface area contributed by atoms with Crippen LogP contribution in [0.3, 0.4) is 0 Å². The first-order valence-corrected chi connectivity index (χ1v) is 11.7. The maximum absolute atomic E-state index is 12.6. The molecule has 0 radical (unpaired) electrons. The molecule has 33 heavy (non-hydrogen) atoms. The van der Waals surface area contributed by atoms with E-state index in [0.29, 0.717) is 32.1 Å². The first kappa shape index (κ1) is 23.7. The van der Waals surface area contributed by atoms with E-state index in [9.17, 15) is 29.8 Å². The molecule has 0 aliphatic heterocycles. The monoisotopic (exact) mass is 468 g/mol. The summed E-state index contributed by atoms with van der Waals surface area (Å²) in [5.41, 5.74) is -2.95. The molecule has 0 unspecified atom stereocenters. The maximum Gasteiger partial charge on any atom is 0.302 e. The predicted octanol–water partition coefficient (Wildman–Crippen LogP) is 3.09. The van der Waals surface area contributed by atoms with E-state index in [1.807, 2.05) is 13.8 Å². The third-order valence-electron chi connectivity index (χ3n) is 9.50. The quantitative estimate of drug-likeness (QED) is 0.337. The molecule has 0 aromatic carbocycles. The van der Waals surface area contributed by atoms with E-state index < -0.39 is 50.5 Å². The highest BCUT2D eigenvalue weighted by Gasteiger charge is 2.79. The Morgan fingerprint density at radius 1 is 0.909 bits per heavy atom. The van der Waals surface area contributed by atoms with Crippen molar-refractivity contribution in [1.29, 1.82) is 0 Å². The third kappa shape index (κ3) is 3.37. The van der Waals surface area contributed by atoms with Gasteiger partial charge in [-0.05, 0) is 50.4 Å². The largest absolute Gasteiger partial charge is 0.462 e. The molecule has 0 bridgehead atoms. The fourth-order valence-electron chi connectivity index (χ4n) is 8.31. The van der Waals surface area contributed by atoms with E-state index in [1.165, 1.54) is 13.8 Å². The molecule has 9 atom stereocenters. The third-order valence-corrected chi connectivity index (χ3v) is 9.50. The molecular weight excluding hydrogens is 436 g/mol. The molecule has 4 aliphatic rings. The van der Waals surface area contributed by atoms with Gasteiger partial charge in [0.15, 0.2) is 5.60 Å². The van der Waals surface area contributed by atoms with E-state index in [2.05, 4.69) is 0 Å². The number of fused-ring (bicyclic) bond motifs is 5. The van der Waals surface area contributed by atoms with Crippen LogP contribution >= 0.6 is 0 Å². The van der Waals surface area contributed by atoms with Crippen molar-refractivity contribution in [3.05, 3.63) is 20.2 Å². The zero-order valence-corrected chi connectivity index (χ0v) is 19.5. The van der Waals surface area contributed by atoms with E-state index in [1.54, 1.807) is 0 Å². The standard InChI is InChI=1S/C22H32N2O9/c1-12(25)31-14-7-10-21(4)16-8-9-20(3)15(5-6-17(20)32-13(2)26)18(16)19(23(27)28)22(21,11-14)33-24(29)30/h14-19H,5-11H2,1-4H3/t14-,15-,16-,17-,18-,19-,20-,21+,22+/m0/s1. The Labute approximate surface area is 191 Å². The van der Waals surface area contributed by atoms with Gasteiger partial charge in [0, 0.05) is 41.9 Å². The molecule has 0 amide bonds. The Hall–Kier alpha value is -2.46. The highest BCUT2D eigenvalue weighted by Crippen LogP contribution is 2.71. The number of carbonyl (C=O) groups is 2. The van der Waals surface area contributed by atoms with Gasteiger partial charge in [0.05, 0.1) is 0 Å². The minimum atomic E-state index is -1.70. The lowest BCUT2D eigenvalue weighted by Crippen LogP contribution is -2.61. The number of nitrogens with zero attached hydrogens (tertiary/aromatic N) is 2. The number of hydrogen-bond donors (Lipinski definition) is 0. The molecule has 0 saturated heterocycles. The molecule has 11 heteroatoms. The fraction of sp³-hybridized carbons (Fsp3) is 0.909. The normalized spacial score (nSPS) is 45.8. The second kappa shape index (κ2) is 7.80. The summed E-state index contributed by atoms with van der Waals surface area (Å²) >= 11 is 0. The lowest BCUT2D eigenvalue weighted by atomic mass is 9.55. The van der Waals surface area contributed by atoms with E-state index in [4.69, 9.17) is 14.3 Å². The summed E-state index contributed by atoms with van der Waals surface area (Å²) < 4.78 is 11.0. The van der Waals surface area contributed by atoms with Gasteiger partial charge in [-0.15, -0.1) is 10.1 Å². The summed E-state index contributed by atoms with van der Waals surface area (Å²) in [6.07, 6.45) is 2.44. The predicted molar refractivity (Wildman–Crippen MR) is 112 cm³/mol. The minimum Gasteiger partial charge on any atom is -0.462 e. The summed E-state index contributed by atoms with van der Waals surface area (Å²) in [5, 5.41) is 23.4.